The Morgan fingerprint density at radius 3 is 2.48 bits per heavy atom. The van der Waals surface area contributed by atoms with Crippen LogP contribution >= 0.6 is 15.9 Å². The van der Waals surface area contributed by atoms with E-state index in [4.69, 9.17) is 0 Å². The molecule has 0 aliphatic carbocycles. The highest BCUT2D eigenvalue weighted by Gasteiger charge is 2.22. The monoisotopic (exact) mass is 355 g/mol. The number of hydrogen-bond acceptors (Lipinski definition) is 2. The summed E-state index contributed by atoms with van der Waals surface area (Å²) in [5.74, 6) is -2.08. The van der Waals surface area contributed by atoms with E-state index in [1.807, 2.05) is 0 Å². The zero-order valence-electron chi connectivity index (χ0n) is 11.0. The summed E-state index contributed by atoms with van der Waals surface area (Å²) in [6.07, 6.45) is 0. The van der Waals surface area contributed by atoms with Crippen LogP contribution < -0.4 is 5.32 Å². The van der Waals surface area contributed by atoms with E-state index in [-0.39, 0.29) is 0 Å². The molecule has 2 aromatic rings. The summed E-state index contributed by atoms with van der Waals surface area (Å²) in [6.45, 7) is 1.71. The zero-order chi connectivity index (χ0) is 15.6. The number of aliphatic carboxylic acids is 1. The number of aryl methyl sites for hydroxylation is 1. The second kappa shape index (κ2) is 6.22. The summed E-state index contributed by atoms with van der Waals surface area (Å²) in [6, 6.07) is 6.79. The van der Waals surface area contributed by atoms with Gasteiger partial charge in [0.05, 0.1) is 0 Å². The van der Waals surface area contributed by atoms with Crippen molar-refractivity contribution in [3.63, 3.8) is 0 Å². The van der Waals surface area contributed by atoms with Gasteiger partial charge in [0, 0.05) is 10.2 Å². The predicted octanol–water partition coefficient (Wildman–Crippen LogP) is 4.27. The summed E-state index contributed by atoms with van der Waals surface area (Å²) in [7, 11) is 0. The molecule has 0 bridgehead atoms. The molecule has 6 heteroatoms. The van der Waals surface area contributed by atoms with Crippen LogP contribution in [0.2, 0.25) is 0 Å². The van der Waals surface area contributed by atoms with E-state index in [9.17, 15) is 18.7 Å². The van der Waals surface area contributed by atoms with Gasteiger partial charge in [-0.05, 0) is 48.4 Å². The van der Waals surface area contributed by atoms with Crippen molar-refractivity contribution in [2.24, 2.45) is 0 Å². The van der Waals surface area contributed by atoms with Crippen LogP contribution in [0.15, 0.2) is 40.9 Å². The maximum absolute atomic E-state index is 13.4. The van der Waals surface area contributed by atoms with Gasteiger partial charge in [0.25, 0.3) is 0 Å². The van der Waals surface area contributed by atoms with Crippen molar-refractivity contribution < 1.29 is 18.7 Å². The third kappa shape index (κ3) is 3.78. The van der Waals surface area contributed by atoms with E-state index in [0.29, 0.717) is 21.3 Å². The van der Waals surface area contributed by atoms with E-state index in [1.54, 1.807) is 13.0 Å². The van der Waals surface area contributed by atoms with Gasteiger partial charge in [-0.2, -0.15) is 0 Å². The van der Waals surface area contributed by atoms with Crippen LogP contribution in [0.25, 0.3) is 0 Å². The Morgan fingerprint density at radius 2 is 1.90 bits per heavy atom. The van der Waals surface area contributed by atoms with Crippen LogP contribution in [0.5, 0.6) is 0 Å². The molecule has 110 valence electrons. The molecule has 0 radical (unpaired) electrons. The lowest BCUT2D eigenvalue weighted by molar-refractivity contribution is -0.138. The molecule has 0 aliphatic heterocycles. The first-order valence-corrected chi connectivity index (χ1v) is 6.87. The summed E-state index contributed by atoms with van der Waals surface area (Å²) in [5, 5.41) is 12.1. The molecule has 0 amide bonds. The van der Waals surface area contributed by atoms with Gasteiger partial charge < -0.3 is 10.4 Å². The molecule has 0 aromatic heterocycles. The molecule has 1 atom stereocenters. The SMILES string of the molecule is Cc1cc(F)cc(NC(C(=O)O)c2ccc(F)cc2Br)c1. The van der Waals surface area contributed by atoms with Gasteiger partial charge in [-0.3, -0.25) is 0 Å². The summed E-state index contributed by atoms with van der Waals surface area (Å²) < 4.78 is 26.8. The highest BCUT2D eigenvalue weighted by molar-refractivity contribution is 9.10. The first-order chi connectivity index (χ1) is 9.86. The van der Waals surface area contributed by atoms with Crippen LogP contribution in [0.1, 0.15) is 17.2 Å². The van der Waals surface area contributed by atoms with Crippen molar-refractivity contribution in [2.45, 2.75) is 13.0 Å². The topological polar surface area (TPSA) is 49.3 Å². The van der Waals surface area contributed by atoms with Gasteiger partial charge in [-0.15, -0.1) is 0 Å². The number of carboxylic acid groups (broad SMARTS) is 1. The second-order valence-corrected chi connectivity index (χ2v) is 5.45. The Kier molecular flexibility index (Phi) is 4.57. The fourth-order valence-electron chi connectivity index (χ4n) is 1.99. The van der Waals surface area contributed by atoms with Crippen LogP contribution in [0, 0.1) is 18.6 Å². The van der Waals surface area contributed by atoms with Gasteiger partial charge in [-0.1, -0.05) is 22.0 Å². The van der Waals surface area contributed by atoms with Crippen LogP contribution in [-0.2, 0) is 4.79 Å². The van der Waals surface area contributed by atoms with Gasteiger partial charge >= 0.3 is 5.97 Å². The fourth-order valence-corrected chi connectivity index (χ4v) is 2.57. The Labute approximate surface area is 128 Å². The number of carbonyl (C=O) groups is 1. The van der Waals surface area contributed by atoms with E-state index in [1.165, 1.54) is 30.3 Å². The lowest BCUT2D eigenvalue weighted by Gasteiger charge is -2.18. The molecule has 2 N–H and O–H groups in total. The fraction of sp³-hybridized carbons (Fsp3) is 0.133. The van der Waals surface area contributed by atoms with E-state index in [0.717, 1.165) is 0 Å². The Hall–Kier alpha value is -1.95. The van der Waals surface area contributed by atoms with E-state index < -0.39 is 23.6 Å². The first-order valence-electron chi connectivity index (χ1n) is 6.08. The average Bonchev–Trinajstić information content (AvgIpc) is 2.35. The minimum Gasteiger partial charge on any atom is -0.479 e. The quantitative estimate of drug-likeness (QED) is 0.860. The Bertz CT molecular complexity index is 671. The minimum absolute atomic E-state index is 0.329. The average molecular weight is 356 g/mol. The Balaban J connectivity index is 2.37. The minimum atomic E-state index is -1.15. The Morgan fingerprint density at radius 1 is 1.19 bits per heavy atom. The number of rotatable bonds is 4. The van der Waals surface area contributed by atoms with E-state index >= 15 is 0 Å². The number of carboxylic acids is 1. The molecule has 3 nitrogen and oxygen atoms in total. The lowest BCUT2D eigenvalue weighted by Crippen LogP contribution is -2.21. The lowest BCUT2D eigenvalue weighted by atomic mass is 10.1. The summed E-state index contributed by atoms with van der Waals surface area (Å²) >= 11 is 3.14. The molecular weight excluding hydrogens is 344 g/mol. The van der Waals surface area contributed by atoms with Crippen LogP contribution in [-0.4, -0.2) is 11.1 Å². The predicted molar refractivity (Wildman–Crippen MR) is 79.2 cm³/mol. The van der Waals surface area contributed by atoms with Crippen molar-refractivity contribution >= 4 is 27.6 Å². The molecule has 0 fully saturated rings. The van der Waals surface area contributed by atoms with Crippen molar-refractivity contribution in [1.29, 1.82) is 0 Å². The van der Waals surface area contributed by atoms with Crippen molar-refractivity contribution in [3.8, 4) is 0 Å². The van der Waals surface area contributed by atoms with Crippen LogP contribution in [0.4, 0.5) is 14.5 Å². The highest BCUT2D eigenvalue weighted by atomic mass is 79.9. The van der Waals surface area contributed by atoms with E-state index in [2.05, 4.69) is 21.2 Å². The molecule has 0 saturated carbocycles. The molecule has 21 heavy (non-hydrogen) atoms. The van der Waals surface area contributed by atoms with Crippen LogP contribution in [0.3, 0.4) is 0 Å². The van der Waals surface area contributed by atoms with Crippen molar-refractivity contribution in [1.82, 2.24) is 0 Å². The van der Waals surface area contributed by atoms with Crippen molar-refractivity contribution in [3.05, 3.63) is 63.6 Å². The number of hydrogen-bond donors (Lipinski definition) is 2. The number of anilines is 1. The third-order valence-corrected chi connectivity index (χ3v) is 3.56. The number of nitrogens with one attached hydrogen (secondary N) is 1. The highest BCUT2D eigenvalue weighted by Crippen LogP contribution is 2.28. The van der Waals surface area contributed by atoms with Gasteiger partial charge in [0.2, 0.25) is 0 Å². The molecular formula is C15H12BrF2NO2. The van der Waals surface area contributed by atoms with Crippen molar-refractivity contribution in [2.75, 3.05) is 5.32 Å². The standard InChI is InChI=1S/C15H12BrF2NO2/c1-8-4-10(18)6-11(5-8)19-14(15(20)21)12-3-2-9(17)7-13(12)16/h2-7,14,19H,1H3,(H,20,21). The maximum Gasteiger partial charge on any atom is 0.330 e. The second-order valence-electron chi connectivity index (χ2n) is 4.60. The summed E-state index contributed by atoms with van der Waals surface area (Å²) in [4.78, 5) is 11.4. The van der Waals surface area contributed by atoms with Gasteiger partial charge in [-0.25, -0.2) is 13.6 Å². The number of halogens is 3. The molecule has 2 rings (SSSR count). The molecule has 0 aliphatic rings. The van der Waals surface area contributed by atoms with Gasteiger partial charge in [0.15, 0.2) is 6.04 Å². The molecule has 0 saturated heterocycles. The van der Waals surface area contributed by atoms with Gasteiger partial charge in [0.1, 0.15) is 11.6 Å². The zero-order valence-corrected chi connectivity index (χ0v) is 12.6. The molecule has 1 unspecified atom stereocenters. The molecule has 2 aromatic carbocycles. The number of benzene rings is 2. The smallest absolute Gasteiger partial charge is 0.330 e. The largest absolute Gasteiger partial charge is 0.479 e. The molecule has 0 heterocycles. The third-order valence-electron chi connectivity index (χ3n) is 2.87. The first kappa shape index (κ1) is 15.4. The molecule has 0 spiro atoms. The normalized spacial score (nSPS) is 12.0. The maximum atomic E-state index is 13.4. The summed E-state index contributed by atoms with van der Waals surface area (Å²) in [5.41, 5.74) is 1.36.